The second-order valence-corrected chi connectivity index (χ2v) is 5.47. The highest BCUT2D eigenvalue weighted by Gasteiger charge is 2.15. The van der Waals surface area contributed by atoms with E-state index in [0.717, 1.165) is 6.07 Å². The highest BCUT2D eigenvalue weighted by atomic mass is 79.9. The van der Waals surface area contributed by atoms with E-state index in [4.69, 9.17) is 10.6 Å². The van der Waals surface area contributed by atoms with Crippen molar-refractivity contribution in [2.24, 2.45) is 5.84 Å². The maximum Gasteiger partial charge on any atom is 0.224 e. The summed E-state index contributed by atoms with van der Waals surface area (Å²) in [5, 5.41) is 0. The second kappa shape index (κ2) is 6.31. The number of rotatable bonds is 4. The molecule has 0 atom stereocenters. The number of hydrogen-bond acceptors (Lipinski definition) is 5. The Bertz CT molecular complexity index is 667. The van der Waals surface area contributed by atoms with Gasteiger partial charge >= 0.3 is 0 Å². The Labute approximate surface area is 128 Å². The van der Waals surface area contributed by atoms with Crippen molar-refractivity contribution in [3.8, 4) is 11.6 Å². The molecule has 0 bridgehead atoms. The average Bonchev–Trinajstić information content (AvgIpc) is 2.43. The van der Waals surface area contributed by atoms with Crippen LogP contribution >= 0.6 is 15.9 Å². The predicted octanol–water partition coefficient (Wildman–Crippen LogP) is 3.72. The third-order valence-electron chi connectivity index (χ3n) is 2.56. The van der Waals surface area contributed by atoms with Gasteiger partial charge in [-0.1, -0.05) is 29.8 Å². The van der Waals surface area contributed by atoms with Crippen LogP contribution in [0.3, 0.4) is 0 Å². The highest BCUT2D eigenvalue weighted by molar-refractivity contribution is 9.10. The van der Waals surface area contributed by atoms with E-state index in [0.29, 0.717) is 16.1 Å². The first-order chi connectivity index (χ1) is 9.90. The smallest absolute Gasteiger partial charge is 0.224 e. The number of nitrogens with two attached hydrogens (primary N) is 1. The van der Waals surface area contributed by atoms with Crippen LogP contribution in [0, 0.1) is 11.6 Å². The monoisotopic (exact) mass is 358 g/mol. The van der Waals surface area contributed by atoms with E-state index in [2.05, 4.69) is 31.3 Å². The largest absolute Gasteiger partial charge is 0.436 e. The van der Waals surface area contributed by atoms with Gasteiger partial charge in [-0.05, 0) is 12.1 Å². The lowest BCUT2D eigenvalue weighted by atomic mass is 10.2. The summed E-state index contributed by atoms with van der Waals surface area (Å²) < 4.78 is 32.7. The number of halogens is 3. The topological polar surface area (TPSA) is 73.1 Å². The summed E-state index contributed by atoms with van der Waals surface area (Å²) >= 11 is 3.07. The van der Waals surface area contributed by atoms with Crippen molar-refractivity contribution < 1.29 is 13.5 Å². The zero-order chi connectivity index (χ0) is 15.6. The van der Waals surface area contributed by atoms with Gasteiger partial charge in [0, 0.05) is 16.5 Å². The summed E-state index contributed by atoms with van der Waals surface area (Å²) in [5.41, 5.74) is 2.38. The van der Waals surface area contributed by atoms with Crippen molar-refractivity contribution in [1.82, 2.24) is 9.97 Å². The predicted molar refractivity (Wildman–Crippen MR) is 78.1 cm³/mol. The van der Waals surface area contributed by atoms with E-state index in [1.807, 2.05) is 13.8 Å². The van der Waals surface area contributed by atoms with Crippen LogP contribution in [-0.2, 0) is 0 Å². The fourth-order valence-electron chi connectivity index (χ4n) is 1.55. The Morgan fingerprint density at radius 3 is 2.57 bits per heavy atom. The average molecular weight is 359 g/mol. The molecule has 2 aromatic rings. The van der Waals surface area contributed by atoms with Gasteiger partial charge in [-0.2, -0.15) is 9.37 Å². The molecule has 0 radical (unpaired) electrons. The molecule has 0 amide bonds. The van der Waals surface area contributed by atoms with Gasteiger partial charge in [0.25, 0.3) is 0 Å². The van der Waals surface area contributed by atoms with Gasteiger partial charge in [-0.15, -0.1) is 0 Å². The first kappa shape index (κ1) is 15.6. The van der Waals surface area contributed by atoms with Crippen molar-refractivity contribution in [1.29, 1.82) is 0 Å². The van der Waals surface area contributed by atoms with Gasteiger partial charge in [-0.3, -0.25) is 0 Å². The van der Waals surface area contributed by atoms with E-state index >= 15 is 0 Å². The molecule has 1 aromatic heterocycles. The summed E-state index contributed by atoms with van der Waals surface area (Å²) in [6.07, 6.45) is 0. The van der Waals surface area contributed by atoms with Crippen molar-refractivity contribution >= 4 is 21.7 Å². The normalized spacial score (nSPS) is 10.8. The zero-order valence-corrected chi connectivity index (χ0v) is 12.9. The summed E-state index contributed by atoms with van der Waals surface area (Å²) in [6.45, 7) is 3.78. The number of hydrazine groups is 1. The number of aromatic nitrogens is 2. The molecular weight excluding hydrogens is 346 g/mol. The first-order valence-corrected chi connectivity index (χ1v) is 6.88. The van der Waals surface area contributed by atoms with Crippen molar-refractivity contribution in [2.45, 2.75) is 19.8 Å². The number of nitrogens with one attached hydrogen (secondary N) is 1. The van der Waals surface area contributed by atoms with Gasteiger partial charge in [0.15, 0.2) is 11.6 Å². The van der Waals surface area contributed by atoms with Gasteiger partial charge in [0.1, 0.15) is 11.6 Å². The van der Waals surface area contributed by atoms with E-state index in [-0.39, 0.29) is 17.5 Å². The Kier molecular flexibility index (Phi) is 4.69. The number of nitrogen functional groups attached to an aromatic ring is 1. The second-order valence-electron chi connectivity index (χ2n) is 4.55. The molecule has 0 saturated carbocycles. The molecule has 1 heterocycles. The third kappa shape index (κ3) is 3.64. The van der Waals surface area contributed by atoms with Gasteiger partial charge in [-0.25, -0.2) is 15.2 Å². The maximum absolute atomic E-state index is 13.7. The highest BCUT2D eigenvalue weighted by Crippen LogP contribution is 2.30. The molecule has 21 heavy (non-hydrogen) atoms. The minimum Gasteiger partial charge on any atom is -0.436 e. The number of ether oxygens (including phenoxy) is 1. The number of anilines is 1. The number of nitrogens with zero attached hydrogens (tertiary/aromatic N) is 2. The lowest BCUT2D eigenvalue weighted by Gasteiger charge is -2.11. The Morgan fingerprint density at radius 1 is 1.24 bits per heavy atom. The molecule has 8 heteroatoms. The molecule has 2 rings (SSSR count). The number of benzene rings is 1. The minimum atomic E-state index is -1.09. The Morgan fingerprint density at radius 2 is 1.95 bits per heavy atom. The molecule has 0 aliphatic carbocycles. The van der Waals surface area contributed by atoms with Crippen LogP contribution in [0.25, 0.3) is 0 Å². The van der Waals surface area contributed by atoms with Crippen LogP contribution in [0.5, 0.6) is 11.6 Å². The molecule has 0 spiro atoms. The van der Waals surface area contributed by atoms with Crippen LogP contribution < -0.4 is 16.0 Å². The molecule has 112 valence electrons. The molecule has 0 aliphatic rings. The van der Waals surface area contributed by atoms with Crippen LogP contribution in [-0.4, -0.2) is 9.97 Å². The SMILES string of the molecule is CC(C)c1nc(NN)cc(Oc2cc(Br)cc(F)c2F)n1. The Hall–Kier alpha value is -1.80. The molecule has 1 aromatic carbocycles. The quantitative estimate of drug-likeness (QED) is 0.495. The summed E-state index contributed by atoms with van der Waals surface area (Å²) in [7, 11) is 0. The lowest BCUT2D eigenvalue weighted by molar-refractivity contribution is 0.402. The van der Waals surface area contributed by atoms with Crippen LogP contribution in [0.2, 0.25) is 0 Å². The van der Waals surface area contributed by atoms with Gasteiger partial charge in [0.2, 0.25) is 11.7 Å². The van der Waals surface area contributed by atoms with Crippen molar-refractivity contribution in [3.63, 3.8) is 0 Å². The Balaban J connectivity index is 2.41. The molecule has 0 saturated heterocycles. The molecule has 0 fully saturated rings. The third-order valence-corrected chi connectivity index (χ3v) is 3.02. The molecule has 3 N–H and O–H groups in total. The summed E-state index contributed by atoms with van der Waals surface area (Å²) in [4.78, 5) is 8.29. The standard InChI is InChI=1S/C13H13BrF2N4O/c1-6(2)13-18-10(20-17)5-11(19-13)21-9-4-7(14)3-8(15)12(9)16/h3-6H,17H2,1-2H3,(H,18,19,20). The van der Waals surface area contributed by atoms with E-state index < -0.39 is 11.6 Å². The lowest BCUT2D eigenvalue weighted by Crippen LogP contribution is -2.11. The van der Waals surface area contributed by atoms with Gasteiger partial charge in [0.05, 0.1) is 0 Å². The van der Waals surface area contributed by atoms with E-state index in [1.54, 1.807) is 0 Å². The fourth-order valence-corrected chi connectivity index (χ4v) is 1.96. The van der Waals surface area contributed by atoms with Crippen LogP contribution in [0.1, 0.15) is 25.6 Å². The molecule has 0 unspecified atom stereocenters. The van der Waals surface area contributed by atoms with Crippen molar-refractivity contribution in [3.05, 3.63) is 40.1 Å². The molecular formula is C13H13BrF2N4O. The zero-order valence-electron chi connectivity index (χ0n) is 11.3. The molecule has 0 aliphatic heterocycles. The van der Waals surface area contributed by atoms with Crippen molar-refractivity contribution in [2.75, 3.05) is 5.43 Å². The maximum atomic E-state index is 13.7. The van der Waals surface area contributed by atoms with Gasteiger partial charge < -0.3 is 10.2 Å². The summed E-state index contributed by atoms with van der Waals surface area (Å²) in [5.74, 6) is 3.81. The van der Waals surface area contributed by atoms with E-state index in [9.17, 15) is 8.78 Å². The first-order valence-electron chi connectivity index (χ1n) is 6.08. The summed E-state index contributed by atoms with van der Waals surface area (Å²) in [6, 6.07) is 3.71. The minimum absolute atomic E-state index is 0.0183. The fraction of sp³-hybridized carbons (Fsp3) is 0.231. The van der Waals surface area contributed by atoms with Crippen LogP contribution in [0.4, 0.5) is 14.6 Å². The molecule has 5 nitrogen and oxygen atoms in total. The number of hydrogen-bond donors (Lipinski definition) is 2. The van der Waals surface area contributed by atoms with E-state index in [1.165, 1.54) is 12.1 Å². The van der Waals surface area contributed by atoms with Crippen LogP contribution in [0.15, 0.2) is 22.7 Å².